The molecular formula is C17H13F2N5O. The monoisotopic (exact) mass is 341 g/mol. The normalized spacial score (nSPS) is 11.3. The van der Waals surface area contributed by atoms with E-state index in [1.54, 1.807) is 23.6 Å². The number of nitrogens with one attached hydrogen (secondary N) is 1. The fourth-order valence-electron chi connectivity index (χ4n) is 2.79. The Hall–Kier alpha value is -3.29. The molecule has 0 aliphatic carbocycles. The van der Waals surface area contributed by atoms with Crippen LogP contribution in [0.2, 0.25) is 0 Å². The van der Waals surface area contributed by atoms with Gasteiger partial charge in [-0.15, -0.1) is 10.2 Å². The van der Waals surface area contributed by atoms with Crippen molar-refractivity contribution in [2.24, 2.45) is 7.05 Å². The van der Waals surface area contributed by atoms with Gasteiger partial charge in [0, 0.05) is 18.8 Å². The molecule has 0 bridgehead atoms. The molecule has 8 heteroatoms. The molecule has 0 unspecified atom stereocenters. The van der Waals surface area contributed by atoms with Crippen LogP contribution in [0.4, 0.5) is 14.5 Å². The van der Waals surface area contributed by atoms with Crippen LogP contribution in [0.25, 0.3) is 16.7 Å². The molecule has 126 valence electrons. The Kier molecular flexibility index (Phi) is 3.45. The van der Waals surface area contributed by atoms with Gasteiger partial charge in [-0.25, -0.2) is 8.78 Å². The first-order valence-electron chi connectivity index (χ1n) is 7.57. The van der Waals surface area contributed by atoms with Crippen LogP contribution < -0.4 is 10.9 Å². The van der Waals surface area contributed by atoms with Crippen molar-refractivity contribution in [3.8, 4) is 0 Å². The third-order valence-corrected chi connectivity index (χ3v) is 4.06. The van der Waals surface area contributed by atoms with Crippen molar-refractivity contribution in [3.05, 3.63) is 70.3 Å². The SMILES string of the molecule is Cn1c(=O)c2ccccc2n2c(CNc3ccc(F)c(F)c3)nnc12. The summed E-state index contributed by atoms with van der Waals surface area (Å²) in [4.78, 5) is 12.4. The summed E-state index contributed by atoms with van der Waals surface area (Å²) in [7, 11) is 1.63. The highest BCUT2D eigenvalue weighted by Crippen LogP contribution is 2.16. The second-order valence-electron chi connectivity index (χ2n) is 5.62. The quantitative estimate of drug-likeness (QED) is 0.622. The molecule has 0 fully saturated rings. The van der Waals surface area contributed by atoms with Crippen LogP contribution in [0.15, 0.2) is 47.3 Å². The van der Waals surface area contributed by atoms with Crippen LogP contribution in [0.3, 0.4) is 0 Å². The minimum atomic E-state index is -0.927. The number of aromatic nitrogens is 4. The van der Waals surface area contributed by atoms with Gasteiger partial charge in [0.2, 0.25) is 5.78 Å². The molecule has 0 aliphatic heterocycles. The molecule has 2 heterocycles. The first-order chi connectivity index (χ1) is 12.1. The van der Waals surface area contributed by atoms with E-state index in [1.807, 2.05) is 12.1 Å². The van der Waals surface area contributed by atoms with Crippen molar-refractivity contribution in [2.75, 3.05) is 5.32 Å². The Labute approximate surface area is 140 Å². The molecule has 4 rings (SSSR count). The van der Waals surface area contributed by atoms with E-state index in [0.29, 0.717) is 28.2 Å². The van der Waals surface area contributed by atoms with E-state index in [9.17, 15) is 13.6 Å². The second-order valence-corrected chi connectivity index (χ2v) is 5.62. The number of fused-ring (bicyclic) bond motifs is 3. The predicted octanol–water partition coefficient (Wildman–Crippen LogP) is 2.47. The summed E-state index contributed by atoms with van der Waals surface area (Å²) in [6.07, 6.45) is 0. The Morgan fingerprint density at radius 1 is 1.08 bits per heavy atom. The van der Waals surface area contributed by atoms with E-state index in [2.05, 4.69) is 15.5 Å². The third-order valence-electron chi connectivity index (χ3n) is 4.06. The smallest absolute Gasteiger partial charge is 0.262 e. The van der Waals surface area contributed by atoms with Crippen LogP contribution in [-0.2, 0) is 13.6 Å². The molecular weight excluding hydrogens is 328 g/mol. The first-order valence-corrected chi connectivity index (χ1v) is 7.57. The van der Waals surface area contributed by atoms with Gasteiger partial charge >= 0.3 is 0 Å². The number of rotatable bonds is 3. The number of nitrogens with zero attached hydrogens (tertiary/aromatic N) is 4. The topological polar surface area (TPSA) is 64.2 Å². The lowest BCUT2D eigenvalue weighted by atomic mass is 10.2. The largest absolute Gasteiger partial charge is 0.378 e. The lowest BCUT2D eigenvalue weighted by Gasteiger charge is -2.09. The zero-order chi connectivity index (χ0) is 17.6. The number of benzene rings is 2. The molecule has 0 aliphatic rings. The zero-order valence-electron chi connectivity index (χ0n) is 13.2. The van der Waals surface area contributed by atoms with Crippen molar-refractivity contribution >= 4 is 22.4 Å². The second kappa shape index (κ2) is 5.66. The highest BCUT2D eigenvalue weighted by atomic mass is 19.2. The first kappa shape index (κ1) is 15.3. The molecule has 2 aromatic heterocycles. The predicted molar refractivity (Wildman–Crippen MR) is 89.4 cm³/mol. The van der Waals surface area contributed by atoms with E-state index in [1.165, 1.54) is 10.6 Å². The molecule has 6 nitrogen and oxygen atoms in total. The molecule has 1 N–H and O–H groups in total. The van der Waals surface area contributed by atoms with Crippen LogP contribution in [0.1, 0.15) is 5.82 Å². The molecule has 0 amide bonds. The van der Waals surface area contributed by atoms with Crippen LogP contribution in [-0.4, -0.2) is 19.2 Å². The molecule has 0 atom stereocenters. The van der Waals surface area contributed by atoms with Crippen molar-refractivity contribution in [2.45, 2.75) is 6.54 Å². The van der Waals surface area contributed by atoms with E-state index >= 15 is 0 Å². The van der Waals surface area contributed by atoms with Crippen LogP contribution >= 0.6 is 0 Å². The van der Waals surface area contributed by atoms with Gasteiger partial charge in [0.1, 0.15) is 0 Å². The summed E-state index contributed by atoms with van der Waals surface area (Å²) in [6.45, 7) is 0.231. The van der Waals surface area contributed by atoms with Gasteiger partial charge in [-0.05, 0) is 24.3 Å². The fraction of sp³-hybridized carbons (Fsp3) is 0.118. The van der Waals surface area contributed by atoms with E-state index < -0.39 is 11.6 Å². The van der Waals surface area contributed by atoms with Crippen molar-refractivity contribution in [3.63, 3.8) is 0 Å². The number of aryl methyl sites for hydroxylation is 1. The van der Waals surface area contributed by atoms with Gasteiger partial charge in [-0.2, -0.15) is 0 Å². The summed E-state index contributed by atoms with van der Waals surface area (Å²) in [5, 5.41) is 11.7. The van der Waals surface area contributed by atoms with Crippen molar-refractivity contribution in [1.29, 1.82) is 0 Å². The number of anilines is 1. The lowest BCUT2D eigenvalue weighted by molar-refractivity contribution is 0.509. The fourth-order valence-corrected chi connectivity index (χ4v) is 2.79. The maximum Gasteiger partial charge on any atom is 0.262 e. The van der Waals surface area contributed by atoms with E-state index in [4.69, 9.17) is 0 Å². The lowest BCUT2D eigenvalue weighted by Crippen LogP contribution is -2.20. The van der Waals surface area contributed by atoms with E-state index in [0.717, 1.165) is 12.1 Å². The zero-order valence-corrected chi connectivity index (χ0v) is 13.2. The summed E-state index contributed by atoms with van der Waals surface area (Å²) in [5.41, 5.74) is 0.952. The Morgan fingerprint density at radius 2 is 1.88 bits per heavy atom. The molecule has 4 aromatic rings. The minimum absolute atomic E-state index is 0.157. The average Bonchev–Trinajstić information content (AvgIpc) is 3.05. The number of hydrogen-bond donors (Lipinski definition) is 1. The van der Waals surface area contributed by atoms with Crippen molar-refractivity contribution < 1.29 is 8.78 Å². The van der Waals surface area contributed by atoms with Gasteiger partial charge in [0.05, 0.1) is 17.4 Å². The van der Waals surface area contributed by atoms with Crippen molar-refractivity contribution in [1.82, 2.24) is 19.2 Å². The van der Waals surface area contributed by atoms with Gasteiger partial charge in [-0.1, -0.05) is 12.1 Å². The third kappa shape index (κ3) is 2.42. The summed E-state index contributed by atoms with van der Waals surface area (Å²) in [6, 6.07) is 10.7. The number of hydrogen-bond acceptors (Lipinski definition) is 4. The minimum Gasteiger partial charge on any atom is -0.378 e. The summed E-state index contributed by atoms with van der Waals surface area (Å²) < 4.78 is 29.5. The molecule has 0 saturated carbocycles. The molecule has 0 radical (unpaired) electrons. The van der Waals surface area contributed by atoms with Gasteiger partial charge in [0.15, 0.2) is 17.5 Å². The highest BCUT2D eigenvalue weighted by molar-refractivity contribution is 5.80. The Morgan fingerprint density at radius 3 is 2.68 bits per heavy atom. The standard InChI is InChI=1S/C17H13F2N5O/c1-23-16(25)11-4-2-3-5-14(11)24-15(21-22-17(23)24)9-20-10-6-7-12(18)13(19)8-10/h2-8,20H,9H2,1H3. The maximum absolute atomic E-state index is 13.3. The average molecular weight is 341 g/mol. The molecule has 0 spiro atoms. The van der Waals surface area contributed by atoms with Crippen LogP contribution in [0, 0.1) is 11.6 Å². The summed E-state index contributed by atoms with van der Waals surface area (Å²) >= 11 is 0. The molecule has 25 heavy (non-hydrogen) atoms. The van der Waals surface area contributed by atoms with Crippen LogP contribution in [0.5, 0.6) is 0 Å². The van der Waals surface area contributed by atoms with Gasteiger partial charge in [0.25, 0.3) is 5.56 Å². The Bertz CT molecular complexity index is 1170. The number of halogens is 2. The highest BCUT2D eigenvalue weighted by Gasteiger charge is 2.14. The summed E-state index contributed by atoms with van der Waals surface area (Å²) in [5.74, 6) is -0.874. The van der Waals surface area contributed by atoms with Gasteiger partial charge < -0.3 is 5.32 Å². The van der Waals surface area contributed by atoms with Gasteiger partial charge in [-0.3, -0.25) is 13.8 Å². The Balaban J connectivity index is 1.80. The molecule has 2 aromatic carbocycles. The number of para-hydroxylation sites is 1. The molecule has 0 saturated heterocycles. The van der Waals surface area contributed by atoms with E-state index in [-0.39, 0.29) is 12.1 Å². The maximum atomic E-state index is 13.3.